The summed E-state index contributed by atoms with van der Waals surface area (Å²) in [6.07, 6.45) is 6.52. The van der Waals surface area contributed by atoms with Gasteiger partial charge in [-0.1, -0.05) is 12.1 Å². The van der Waals surface area contributed by atoms with Gasteiger partial charge in [0.15, 0.2) is 0 Å². The third-order valence-corrected chi connectivity index (χ3v) is 3.96. The first-order valence-corrected chi connectivity index (χ1v) is 7.78. The van der Waals surface area contributed by atoms with Gasteiger partial charge in [-0.2, -0.15) is 0 Å². The fraction of sp³-hybridized carbons (Fsp3) is 0.647. The van der Waals surface area contributed by atoms with Gasteiger partial charge in [0.2, 0.25) is 0 Å². The molecule has 0 radical (unpaired) electrons. The molecular formula is C17H27NO2. The molecule has 1 aromatic carbocycles. The summed E-state index contributed by atoms with van der Waals surface area (Å²) in [6, 6.07) is 8.89. The van der Waals surface area contributed by atoms with Crippen LogP contribution in [0.25, 0.3) is 0 Å². The molecule has 1 aliphatic rings. The lowest BCUT2D eigenvalue weighted by molar-refractivity contribution is 0.193. The van der Waals surface area contributed by atoms with Crippen LogP contribution in [-0.2, 0) is 4.74 Å². The average Bonchev–Trinajstić information content (AvgIpc) is 2.97. The number of hydrogen-bond acceptors (Lipinski definition) is 3. The maximum absolute atomic E-state index is 5.99. The van der Waals surface area contributed by atoms with E-state index in [4.69, 9.17) is 9.47 Å². The van der Waals surface area contributed by atoms with Gasteiger partial charge in [-0.05, 0) is 63.3 Å². The Balaban J connectivity index is 1.77. The van der Waals surface area contributed by atoms with Crippen LogP contribution in [0.4, 0.5) is 0 Å². The first-order chi connectivity index (χ1) is 9.79. The molecule has 1 unspecified atom stereocenters. The Morgan fingerprint density at radius 2 is 1.90 bits per heavy atom. The Morgan fingerprint density at radius 1 is 1.20 bits per heavy atom. The van der Waals surface area contributed by atoms with Crippen LogP contribution in [0.3, 0.4) is 0 Å². The molecule has 20 heavy (non-hydrogen) atoms. The second-order valence-electron chi connectivity index (χ2n) is 5.62. The molecule has 0 heterocycles. The molecule has 2 rings (SSSR count). The van der Waals surface area contributed by atoms with E-state index < -0.39 is 0 Å². The molecule has 112 valence electrons. The molecule has 0 amide bonds. The molecular weight excluding hydrogens is 250 g/mol. The first kappa shape index (κ1) is 15.3. The van der Waals surface area contributed by atoms with Crippen LogP contribution in [0, 0.1) is 0 Å². The minimum absolute atomic E-state index is 0.368. The van der Waals surface area contributed by atoms with Crippen molar-refractivity contribution >= 4 is 0 Å². The predicted octanol–water partition coefficient (Wildman–Crippen LogP) is 3.70. The third kappa shape index (κ3) is 4.80. The van der Waals surface area contributed by atoms with Crippen molar-refractivity contribution in [3.63, 3.8) is 0 Å². The zero-order chi connectivity index (χ0) is 14.2. The fourth-order valence-corrected chi connectivity index (χ4v) is 2.69. The Hall–Kier alpha value is -1.06. The highest BCUT2D eigenvalue weighted by molar-refractivity contribution is 5.29. The van der Waals surface area contributed by atoms with Crippen LogP contribution in [0.15, 0.2) is 24.3 Å². The van der Waals surface area contributed by atoms with Crippen LogP contribution < -0.4 is 10.1 Å². The maximum atomic E-state index is 5.99. The lowest BCUT2D eigenvalue weighted by atomic mass is 10.1. The summed E-state index contributed by atoms with van der Waals surface area (Å²) in [6.45, 7) is 3.99. The molecule has 0 aliphatic heterocycles. The van der Waals surface area contributed by atoms with Gasteiger partial charge in [-0.3, -0.25) is 0 Å². The van der Waals surface area contributed by atoms with Gasteiger partial charge in [-0.25, -0.2) is 0 Å². The predicted molar refractivity (Wildman–Crippen MR) is 82.2 cm³/mol. The third-order valence-electron chi connectivity index (χ3n) is 3.96. The molecule has 1 atom stereocenters. The van der Waals surface area contributed by atoms with E-state index >= 15 is 0 Å². The molecule has 1 aromatic rings. The van der Waals surface area contributed by atoms with Crippen molar-refractivity contribution < 1.29 is 9.47 Å². The molecule has 0 aromatic heterocycles. The summed E-state index contributed by atoms with van der Waals surface area (Å²) < 4.78 is 11.0. The van der Waals surface area contributed by atoms with Crippen LogP contribution in [-0.4, -0.2) is 26.4 Å². The number of hydrogen-bond donors (Lipinski definition) is 1. The number of rotatable bonds is 8. The van der Waals surface area contributed by atoms with Crippen molar-refractivity contribution in [1.82, 2.24) is 5.32 Å². The van der Waals surface area contributed by atoms with Crippen molar-refractivity contribution in [2.75, 3.05) is 20.3 Å². The second kappa shape index (κ2) is 8.28. The largest absolute Gasteiger partial charge is 0.490 e. The molecule has 0 saturated heterocycles. The first-order valence-electron chi connectivity index (χ1n) is 7.78. The van der Waals surface area contributed by atoms with Crippen LogP contribution in [0.2, 0.25) is 0 Å². The number of ether oxygens (including phenoxy) is 2. The molecule has 1 saturated carbocycles. The van der Waals surface area contributed by atoms with E-state index in [2.05, 4.69) is 36.5 Å². The van der Waals surface area contributed by atoms with E-state index in [9.17, 15) is 0 Å². The Bertz CT molecular complexity index is 371. The highest BCUT2D eigenvalue weighted by Gasteiger charge is 2.16. The second-order valence-corrected chi connectivity index (χ2v) is 5.62. The summed E-state index contributed by atoms with van der Waals surface area (Å²) in [4.78, 5) is 0. The van der Waals surface area contributed by atoms with Crippen molar-refractivity contribution in [2.45, 2.75) is 51.2 Å². The SMILES string of the molecule is COCCCNC(C)c1ccc(OC2CCCC2)cc1. The van der Waals surface area contributed by atoms with E-state index in [1.807, 2.05) is 0 Å². The standard InChI is InChI=1S/C17H27NO2/c1-14(18-12-5-13-19-2)15-8-10-17(11-9-15)20-16-6-3-4-7-16/h8-11,14,16,18H,3-7,12-13H2,1-2H3. The maximum Gasteiger partial charge on any atom is 0.119 e. The van der Waals surface area contributed by atoms with E-state index in [0.717, 1.165) is 25.3 Å². The van der Waals surface area contributed by atoms with Gasteiger partial charge in [0.25, 0.3) is 0 Å². The van der Waals surface area contributed by atoms with Crippen LogP contribution >= 0.6 is 0 Å². The number of benzene rings is 1. The number of methoxy groups -OCH3 is 1. The van der Waals surface area contributed by atoms with Gasteiger partial charge < -0.3 is 14.8 Å². The minimum Gasteiger partial charge on any atom is -0.490 e. The molecule has 3 heteroatoms. The van der Waals surface area contributed by atoms with Gasteiger partial charge in [0.05, 0.1) is 6.10 Å². The monoisotopic (exact) mass is 277 g/mol. The van der Waals surface area contributed by atoms with E-state index in [1.165, 1.54) is 31.2 Å². The van der Waals surface area contributed by atoms with Crippen molar-refractivity contribution in [3.8, 4) is 5.75 Å². The summed E-state index contributed by atoms with van der Waals surface area (Å²) in [5.41, 5.74) is 1.31. The van der Waals surface area contributed by atoms with E-state index in [1.54, 1.807) is 7.11 Å². The highest BCUT2D eigenvalue weighted by atomic mass is 16.5. The fourth-order valence-electron chi connectivity index (χ4n) is 2.69. The highest BCUT2D eigenvalue weighted by Crippen LogP contribution is 2.25. The van der Waals surface area contributed by atoms with E-state index in [-0.39, 0.29) is 0 Å². The smallest absolute Gasteiger partial charge is 0.119 e. The summed E-state index contributed by atoms with van der Waals surface area (Å²) in [5.74, 6) is 1.01. The van der Waals surface area contributed by atoms with Gasteiger partial charge >= 0.3 is 0 Å². The lowest BCUT2D eigenvalue weighted by Crippen LogP contribution is -2.20. The van der Waals surface area contributed by atoms with Crippen molar-refractivity contribution in [3.05, 3.63) is 29.8 Å². The van der Waals surface area contributed by atoms with Crippen LogP contribution in [0.5, 0.6) is 5.75 Å². The summed E-state index contributed by atoms with van der Waals surface area (Å²) >= 11 is 0. The zero-order valence-corrected chi connectivity index (χ0v) is 12.7. The lowest BCUT2D eigenvalue weighted by Gasteiger charge is -2.16. The minimum atomic E-state index is 0.368. The Labute approximate surface area is 122 Å². The number of nitrogens with one attached hydrogen (secondary N) is 1. The van der Waals surface area contributed by atoms with Crippen LogP contribution in [0.1, 0.15) is 50.6 Å². The topological polar surface area (TPSA) is 30.5 Å². The molecule has 0 spiro atoms. The Kier molecular flexibility index (Phi) is 6.34. The molecule has 0 bridgehead atoms. The quantitative estimate of drug-likeness (QED) is 0.735. The molecule has 1 aliphatic carbocycles. The van der Waals surface area contributed by atoms with E-state index in [0.29, 0.717) is 12.1 Å². The van der Waals surface area contributed by atoms with Crippen molar-refractivity contribution in [2.24, 2.45) is 0 Å². The normalized spacial score (nSPS) is 17.3. The molecule has 3 nitrogen and oxygen atoms in total. The molecule has 1 N–H and O–H groups in total. The average molecular weight is 277 g/mol. The van der Waals surface area contributed by atoms with Gasteiger partial charge in [-0.15, -0.1) is 0 Å². The van der Waals surface area contributed by atoms with Crippen molar-refractivity contribution in [1.29, 1.82) is 0 Å². The van der Waals surface area contributed by atoms with Gasteiger partial charge in [0, 0.05) is 19.8 Å². The summed E-state index contributed by atoms with van der Waals surface area (Å²) in [7, 11) is 1.74. The van der Waals surface area contributed by atoms with Gasteiger partial charge in [0.1, 0.15) is 5.75 Å². The summed E-state index contributed by atoms with van der Waals surface area (Å²) in [5, 5.41) is 3.51. The molecule has 1 fully saturated rings. The zero-order valence-electron chi connectivity index (χ0n) is 12.7. The Morgan fingerprint density at radius 3 is 2.55 bits per heavy atom.